The van der Waals surface area contributed by atoms with E-state index >= 15 is 0 Å². The Bertz CT molecular complexity index is 952. The zero-order valence-electron chi connectivity index (χ0n) is 13.6. The molecule has 3 rings (SSSR count). The number of aromatic nitrogens is 2. The fraction of sp³-hybridized carbons (Fsp3) is 0.167. The van der Waals surface area contributed by atoms with E-state index in [9.17, 15) is 8.42 Å². The van der Waals surface area contributed by atoms with Gasteiger partial charge in [0.2, 0.25) is 5.88 Å². The molecule has 0 radical (unpaired) electrons. The molecule has 0 aliphatic carbocycles. The molecule has 0 bridgehead atoms. The van der Waals surface area contributed by atoms with E-state index < -0.39 is 10.1 Å². The Kier molecular flexibility index (Phi) is 5.11. The molecule has 25 heavy (non-hydrogen) atoms. The van der Waals surface area contributed by atoms with Crippen molar-refractivity contribution in [1.82, 2.24) is 9.78 Å². The number of aryl methyl sites for hydroxylation is 1. The molecule has 0 spiro atoms. The molecule has 0 aliphatic heterocycles. The van der Waals surface area contributed by atoms with E-state index in [1.807, 2.05) is 37.3 Å². The molecule has 0 fully saturated rings. The molecular weight excluding hydrogens is 360 g/mol. The number of para-hydroxylation sites is 1. The first kappa shape index (κ1) is 17.5. The van der Waals surface area contributed by atoms with Gasteiger partial charge in [0.1, 0.15) is 4.90 Å². The fourth-order valence-electron chi connectivity index (χ4n) is 2.36. The Hall–Kier alpha value is -2.31. The lowest BCUT2D eigenvalue weighted by Gasteiger charge is -2.09. The summed E-state index contributed by atoms with van der Waals surface area (Å²) in [5.41, 5.74) is 1.50. The highest BCUT2D eigenvalue weighted by atomic mass is 35.5. The molecule has 130 valence electrons. The number of nitrogens with zero attached hydrogens (tertiary/aromatic N) is 2. The monoisotopic (exact) mass is 376 g/mol. The Morgan fingerprint density at radius 3 is 2.40 bits per heavy atom. The fourth-order valence-corrected chi connectivity index (χ4v) is 3.40. The predicted octanol–water partition coefficient (Wildman–Crippen LogP) is 4.25. The molecule has 7 heteroatoms. The van der Waals surface area contributed by atoms with Crippen molar-refractivity contribution in [3.8, 4) is 11.6 Å². The van der Waals surface area contributed by atoms with Crippen LogP contribution in [-0.2, 0) is 16.5 Å². The van der Waals surface area contributed by atoms with E-state index in [1.54, 1.807) is 6.07 Å². The van der Waals surface area contributed by atoms with E-state index in [4.69, 9.17) is 15.8 Å². The molecule has 3 aromatic rings. The number of benzene rings is 2. The van der Waals surface area contributed by atoms with Crippen LogP contribution in [0.4, 0.5) is 0 Å². The van der Waals surface area contributed by atoms with Crippen LogP contribution in [0, 0.1) is 0 Å². The molecule has 0 atom stereocenters. The average molecular weight is 377 g/mol. The first-order valence-electron chi connectivity index (χ1n) is 7.84. The van der Waals surface area contributed by atoms with Gasteiger partial charge in [-0.15, -0.1) is 0 Å². The highest BCUT2D eigenvalue weighted by Crippen LogP contribution is 2.24. The summed E-state index contributed by atoms with van der Waals surface area (Å²) in [6.45, 7) is 2.03. The van der Waals surface area contributed by atoms with Crippen molar-refractivity contribution in [3.05, 3.63) is 71.4 Å². The molecule has 0 aliphatic rings. The van der Waals surface area contributed by atoms with Crippen molar-refractivity contribution in [3.63, 3.8) is 0 Å². The quantitative estimate of drug-likeness (QED) is 0.603. The number of hydrogen-bond acceptors (Lipinski definition) is 4. The Labute approximate surface area is 151 Å². The zero-order chi connectivity index (χ0) is 17.9. The highest BCUT2D eigenvalue weighted by Gasteiger charge is 2.21. The van der Waals surface area contributed by atoms with Gasteiger partial charge in [0.25, 0.3) is 0 Å². The SMILES string of the molecule is CCCc1cc(OS(=O)(=O)c2ccc(Cl)cc2)n(-c2ccccc2)n1. The molecule has 0 saturated heterocycles. The average Bonchev–Trinajstić information content (AvgIpc) is 2.98. The van der Waals surface area contributed by atoms with E-state index in [1.165, 1.54) is 28.9 Å². The van der Waals surface area contributed by atoms with Crippen LogP contribution in [0.2, 0.25) is 5.02 Å². The van der Waals surface area contributed by atoms with Gasteiger partial charge in [0.05, 0.1) is 11.4 Å². The van der Waals surface area contributed by atoms with Crippen LogP contribution < -0.4 is 4.18 Å². The molecule has 0 N–H and O–H groups in total. The summed E-state index contributed by atoms with van der Waals surface area (Å²) in [4.78, 5) is 0.0368. The second kappa shape index (κ2) is 7.29. The summed E-state index contributed by atoms with van der Waals surface area (Å²) < 4.78 is 32.0. The maximum absolute atomic E-state index is 12.6. The van der Waals surface area contributed by atoms with Crippen molar-refractivity contribution in [2.45, 2.75) is 24.7 Å². The van der Waals surface area contributed by atoms with Gasteiger partial charge < -0.3 is 4.18 Å². The first-order valence-corrected chi connectivity index (χ1v) is 9.62. The lowest BCUT2D eigenvalue weighted by Crippen LogP contribution is -2.12. The summed E-state index contributed by atoms with van der Waals surface area (Å²) >= 11 is 5.82. The smallest absolute Gasteiger partial charge is 0.340 e. The van der Waals surface area contributed by atoms with Crippen LogP contribution >= 0.6 is 11.6 Å². The van der Waals surface area contributed by atoms with Gasteiger partial charge in [-0.05, 0) is 42.8 Å². The van der Waals surface area contributed by atoms with Crippen LogP contribution in [0.5, 0.6) is 5.88 Å². The normalized spacial score (nSPS) is 11.4. The Morgan fingerprint density at radius 2 is 1.76 bits per heavy atom. The molecule has 1 heterocycles. The summed E-state index contributed by atoms with van der Waals surface area (Å²) in [7, 11) is -3.98. The van der Waals surface area contributed by atoms with E-state index in [2.05, 4.69) is 5.10 Å². The van der Waals surface area contributed by atoms with Gasteiger partial charge in [-0.25, -0.2) is 0 Å². The van der Waals surface area contributed by atoms with E-state index in [0.717, 1.165) is 24.2 Å². The first-order chi connectivity index (χ1) is 12.0. The van der Waals surface area contributed by atoms with E-state index in [-0.39, 0.29) is 10.8 Å². The van der Waals surface area contributed by atoms with Crippen molar-refractivity contribution in [2.75, 3.05) is 0 Å². The summed E-state index contributed by atoms with van der Waals surface area (Å²) in [6, 6.07) is 16.8. The molecule has 1 aromatic heterocycles. The van der Waals surface area contributed by atoms with Gasteiger partial charge in [-0.1, -0.05) is 43.1 Å². The summed E-state index contributed by atoms with van der Waals surface area (Å²) in [5.74, 6) is 0.157. The standard InChI is InChI=1S/C18H17ClN2O3S/c1-2-6-15-13-18(21(20-15)16-7-4-3-5-8-16)24-25(22,23)17-11-9-14(19)10-12-17/h3-5,7-13H,2,6H2,1H3. The number of rotatable bonds is 6. The van der Waals surface area contributed by atoms with Gasteiger partial charge in [0.15, 0.2) is 0 Å². The molecule has 2 aromatic carbocycles. The minimum absolute atomic E-state index is 0.0368. The molecular formula is C18H17ClN2O3S. The van der Waals surface area contributed by atoms with Gasteiger partial charge in [0, 0.05) is 11.1 Å². The lowest BCUT2D eigenvalue weighted by atomic mass is 10.3. The van der Waals surface area contributed by atoms with Crippen molar-refractivity contribution in [1.29, 1.82) is 0 Å². The molecule has 0 amide bonds. The Morgan fingerprint density at radius 1 is 1.08 bits per heavy atom. The maximum atomic E-state index is 12.6. The minimum Gasteiger partial charge on any atom is -0.358 e. The van der Waals surface area contributed by atoms with Crippen LogP contribution in [0.15, 0.2) is 65.6 Å². The van der Waals surface area contributed by atoms with Gasteiger partial charge in [-0.2, -0.15) is 18.2 Å². The Balaban J connectivity index is 2.00. The maximum Gasteiger partial charge on any atom is 0.340 e. The third-order valence-corrected chi connectivity index (χ3v) is 5.02. The second-order valence-electron chi connectivity index (χ2n) is 5.46. The number of halogens is 1. The van der Waals surface area contributed by atoms with Crippen LogP contribution in [-0.4, -0.2) is 18.2 Å². The molecule has 0 unspecified atom stereocenters. The van der Waals surface area contributed by atoms with Crippen molar-refractivity contribution in [2.24, 2.45) is 0 Å². The summed E-state index contributed by atoms with van der Waals surface area (Å²) in [6.07, 6.45) is 1.63. The largest absolute Gasteiger partial charge is 0.358 e. The van der Waals surface area contributed by atoms with Crippen molar-refractivity contribution >= 4 is 21.7 Å². The highest BCUT2D eigenvalue weighted by molar-refractivity contribution is 7.87. The zero-order valence-corrected chi connectivity index (χ0v) is 15.2. The third-order valence-electron chi connectivity index (χ3n) is 3.53. The topological polar surface area (TPSA) is 61.2 Å². The van der Waals surface area contributed by atoms with Crippen LogP contribution in [0.3, 0.4) is 0 Å². The molecule has 0 saturated carbocycles. The third kappa shape index (κ3) is 4.03. The van der Waals surface area contributed by atoms with Gasteiger partial charge in [-0.3, -0.25) is 0 Å². The second-order valence-corrected chi connectivity index (χ2v) is 7.45. The van der Waals surface area contributed by atoms with Gasteiger partial charge >= 0.3 is 10.1 Å². The van der Waals surface area contributed by atoms with E-state index in [0.29, 0.717) is 5.02 Å². The summed E-state index contributed by atoms with van der Waals surface area (Å²) in [5, 5.41) is 4.93. The van der Waals surface area contributed by atoms with Crippen molar-refractivity contribution < 1.29 is 12.6 Å². The van der Waals surface area contributed by atoms with Crippen LogP contribution in [0.25, 0.3) is 5.69 Å². The predicted molar refractivity (Wildman–Crippen MR) is 96.8 cm³/mol. The molecule has 5 nitrogen and oxygen atoms in total. The van der Waals surface area contributed by atoms with Crippen LogP contribution in [0.1, 0.15) is 19.0 Å². The number of hydrogen-bond donors (Lipinski definition) is 0. The lowest BCUT2D eigenvalue weighted by molar-refractivity contribution is 0.465. The minimum atomic E-state index is -3.98.